The number of rotatable bonds is 5. The third kappa shape index (κ3) is 4.22. The zero-order valence-corrected chi connectivity index (χ0v) is 15.4. The molecule has 3 rings (SSSR count). The van der Waals surface area contributed by atoms with Crippen molar-refractivity contribution in [3.8, 4) is 6.07 Å². The minimum absolute atomic E-state index is 0.102. The van der Waals surface area contributed by atoms with Gasteiger partial charge in [0.2, 0.25) is 0 Å². The molecule has 0 aliphatic heterocycles. The number of carbonyl (C=O) groups excluding carboxylic acids is 1. The molecule has 6 nitrogen and oxygen atoms in total. The molecule has 0 aliphatic rings. The van der Waals surface area contributed by atoms with Crippen molar-refractivity contribution in [1.29, 1.82) is 5.26 Å². The number of aliphatic hydroxyl groups is 1. The summed E-state index contributed by atoms with van der Waals surface area (Å²) in [4.78, 5) is 19.2. The number of nitrogens with zero attached hydrogens (tertiary/aromatic N) is 2. The van der Waals surface area contributed by atoms with Crippen molar-refractivity contribution >= 4 is 45.8 Å². The van der Waals surface area contributed by atoms with Gasteiger partial charge in [-0.25, -0.2) is 4.98 Å². The molecule has 0 bridgehead atoms. The van der Waals surface area contributed by atoms with Gasteiger partial charge in [-0.3, -0.25) is 4.79 Å². The average Bonchev–Trinajstić information content (AvgIpc) is 3.07. The molecule has 1 aromatic heterocycles. The Hall–Kier alpha value is -3.01. The molecule has 2 aromatic carbocycles. The number of aromatic amines is 1. The number of hydrogen-bond donors (Lipinski definition) is 2. The highest BCUT2D eigenvalue weighted by atomic mass is 35.5. The normalized spacial score (nSPS) is 11.7. The second kappa shape index (κ2) is 8.12. The Balaban J connectivity index is 1.73. The molecule has 2 N–H and O–H groups in total. The lowest BCUT2D eigenvalue weighted by Crippen LogP contribution is -2.12. The highest BCUT2D eigenvalue weighted by Gasteiger charge is 2.16. The van der Waals surface area contributed by atoms with Crippen LogP contribution in [0, 0.1) is 11.3 Å². The summed E-state index contributed by atoms with van der Waals surface area (Å²) in [5.74, 6) is -0.852. The smallest absolute Gasteiger partial charge is 0.310 e. The topological polar surface area (TPSA) is 99.0 Å². The maximum Gasteiger partial charge on any atom is 0.310 e. The fourth-order valence-corrected chi connectivity index (χ4v) is 2.97. The van der Waals surface area contributed by atoms with Gasteiger partial charge in [0.1, 0.15) is 18.2 Å². The molecule has 136 valence electrons. The van der Waals surface area contributed by atoms with Crippen molar-refractivity contribution in [2.45, 2.75) is 6.42 Å². The molecule has 0 spiro atoms. The standard InChI is InChI=1S/C19H13Cl2N3O3/c20-13-4-3-5-14(21)11(13)8-18(26)27-10-17(25)12(9-22)19-23-15-6-1-2-7-16(15)24-19/h1-7,25H,8,10H2,(H,23,24)/b17-12-. The lowest BCUT2D eigenvalue weighted by atomic mass is 10.1. The first-order valence-corrected chi connectivity index (χ1v) is 8.61. The van der Waals surface area contributed by atoms with Crippen LogP contribution in [0.5, 0.6) is 0 Å². The van der Waals surface area contributed by atoms with Crippen LogP contribution >= 0.6 is 23.2 Å². The summed E-state index contributed by atoms with van der Waals surface area (Å²) in [6.45, 7) is -0.471. The SMILES string of the molecule is N#C/C(=C(/O)COC(=O)Cc1c(Cl)cccc1Cl)c1nc2ccccc2[nH]1. The van der Waals surface area contributed by atoms with E-state index in [9.17, 15) is 15.2 Å². The molecule has 0 amide bonds. The van der Waals surface area contributed by atoms with Gasteiger partial charge in [0.15, 0.2) is 11.6 Å². The molecule has 0 atom stereocenters. The van der Waals surface area contributed by atoms with E-state index in [1.807, 2.05) is 18.2 Å². The summed E-state index contributed by atoms with van der Waals surface area (Å²) in [6, 6.07) is 14.0. The van der Waals surface area contributed by atoms with Gasteiger partial charge in [0.05, 0.1) is 17.5 Å². The fraction of sp³-hybridized carbons (Fsp3) is 0.105. The third-order valence-electron chi connectivity index (χ3n) is 3.78. The Morgan fingerprint density at radius 3 is 2.56 bits per heavy atom. The van der Waals surface area contributed by atoms with Gasteiger partial charge in [-0.2, -0.15) is 5.26 Å². The minimum Gasteiger partial charge on any atom is -0.507 e. The second-order valence-electron chi connectivity index (χ2n) is 5.57. The number of esters is 1. The lowest BCUT2D eigenvalue weighted by Gasteiger charge is -2.08. The van der Waals surface area contributed by atoms with Crippen molar-refractivity contribution in [1.82, 2.24) is 9.97 Å². The first-order chi connectivity index (χ1) is 13.0. The Bertz CT molecular complexity index is 1030. The van der Waals surface area contributed by atoms with Crippen LogP contribution in [0.1, 0.15) is 11.4 Å². The zero-order chi connectivity index (χ0) is 19.4. The predicted molar refractivity (Wildman–Crippen MR) is 102 cm³/mol. The Morgan fingerprint density at radius 1 is 1.19 bits per heavy atom. The molecular weight excluding hydrogens is 389 g/mol. The average molecular weight is 402 g/mol. The summed E-state index contributed by atoms with van der Waals surface area (Å²) in [6.07, 6.45) is -0.154. The third-order valence-corrected chi connectivity index (χ3v) is 4.49. The number of para-hydroxylation sites is 2. The van der Waals surface area contributed by atoms with Crippen LogP contribution in [0.2, 0.25) is 10.0 Å². The first-order valence-electron chi connectivity index (χ1n) is 7.85. The molecule has 27 heavy (non-hydrogen) atoms. The van der Waals surface area contributed by atoms with E-state index in [4.69, 9.17) is 27.9 Å². The number of H-pyrrole nitrogens is 1. The van der Waals surface area contributed by atoms with Crippen LogP contribution in [0.15, 0.2) is 48.2 Å². The second-order valence-corrected chi connectivity index (χ2v) is 6.39. The van der Waals surface area contributed by atoms with Gasteiger partial charge in [0.25, 0.3) is 0 Å². The largest absolute Gasteiger partial charge is 0.507 e. The highest BCUT2D eigenvalue weighted by Crippen LogP contribution is 2.25. The molecule has 0 fully saturated rings. The number of halogens is 2. The maximum atomic E-state index is 12.0. The molecular formula is C19H13Cl2N3O3. The number of nitriles is 1. The predicted octanol–water partition coefficient (Wildman–Crippen LogP) is 4.45. The molecule has 3 aromatic rings. The maximum absolute atomic E-state index is 12.0. The summed E-state index contributed by atoms with van der Waals surface area (Å²) >= 11 is 12.0. The number of allylic oxidation sites excluding steroid dienone is 1. The van der Waals surface area contributed by atoms with E-state index in [1.165, 1.54) is 0 Å². The minimum atomic E-state index is -0.640. The number of aromatic nitrogens is 2. The summed E-state index contributed by atoms with van der Waals surface area (Å²) < 4.78 is 5.04. The number of imidazole rings is 1. The summed E-state index contributed by atoms with van der Waals surface area (Å²) in [5, 5.41) is 20.2. The number of aliphatic hydroxyl groups excluding tert-OH is 1. The van der Waals surface area contributed by atoms with Crippen molar-refractivity contribution < 1.29 is 14.6 Å². The lowest BCUT2D eigenvalue weighted by molar-refractivity contribution is -0.142. The van der Waals surface area contributed by atoms with Crippen molar-refractivity contribution in [2.24, 2.45) is 0 Å². The number of fused-ring (bicyclic) bond motifs is 1. The van der Waals surface area contributed by atoms with E-state index in [1.54, 1.807) is 30.3 Å². The van der Waals surface area contributed by atoms with Crippen LogP contribution in [0.25, 0.3) is 16.6 Å². The van der Waals surface area contributed by atoms with Crippen LogP contribution in [0.4, 0.5) is 0 Å². The number of ether oxygens (including phenoxy) is 1. The number of benzene rings is 2. The molecule has 0 saturated heterocycles. The van der Waals surface area contributed by atoms with E-state index in [2.05, 4.69) is 9.97 Å². The van der Waals surface area contributed by atoms with Crippen LogP contribution < -0.4 is 0 Å². The van der Waals surface area contributed by atoms with E-state index < -0.39 is 18.3 Å². The van der Waals surface area contributed by atoms with Crippen molar-refractivity contribution in [3.05, 3.63) is 69.7 Å². The van der Waals surface area contributed by atoms with E-state index >= 15 is 0 Å². The molecule has 0 radical (unpaired) electrons. The van der Waals surface area contributed by atoms with Crippen LogP contribution in [-0.2, 0) is 16.0 Å². The van der Waals surface area contributed by atoms with Crippen molar-refractivity contribution in [2.75, 3.05) is 6.61 Å². The molecule has 0 saturated carbocycles. The van der Waals surface area contributed by atoms with Gasteiger partial charge < -0.3 is 14.8 Å². The fourth-order valence-electron chi connectivity index (χ4n) is 2.44. The van der Waals surface area contributed by atoms with Crippen molar-refractivity contribution in [3.63, 3.8) is 0 Å². The van der Waals surface area contributed by atoms with Gasteiger partial charge in [-0.15, -0.1) is 0 Å². The number of nitrogens with one attached hydrogen (secondary N) is 1. The zero-order valence-electron chi connectivity index (χ0n) is 13.9. The van der Waals surface area contributed by atoms with Crippen LogP contribution in [-0.4, -0.2) is 27.7 Å². The molecule has 0 aliphatic carbocycles. The van der Waals surface area contributed by atoms with Crippen LogP contribution in [0.3, 0.4) is 0 Å². The number of hydrogen-bond acceptors (Lipinski definition) is 5. The van der Waals surface area contributed by atoms with E-state index in [0.29, 0.717) is 21.1 Å². The Labute approximate surface area is 164 Å². The Morgan fingerprint density at radius 2 is 1.89 bits per heavy atom. The van der Waals surface area contributed by atoms with Gasteiger partial charge >= 0.3 is 5.97 Å². The monoisotopic (exact) mass is 401 g/mol. The van der Waals surface area contributed by atoms with E-state index in [0.717, 1.165) is 5.52 Å². The quantitative estimate of drug-likeness (QED) is 0.373. The van der Waals surface area contributed by atoms with Gasteiger partial charge in [-0.05, 0) is 24.3 Å². The van der Waals surface area contributed by atoms with E-state index in [-0.39, 0.29) is 17.8 Å². The molecule has 0 unspecified atom stereocenters. The summed E-state index contributed by atoms with van der Waals surface area (Å²) in [5.41, 5.74) is 1.71. The van der Waals surface area contributed by atoms with Gasteiger partial charge in [-0.1, -0.05) is 41.4 Å². The molecule has 8 heteroatoms. The Kier molecular flexibility index (Phi) is 5.65. The molecule has 1 heterocycles. The van der Waals surface area contributed by atoms with Gasteiger partial charge in [0, 0.05) is 15.6 Å². The number of carbonyl (C=O) groups is 1. The summed E-state index contributed by atoms with van der Waals surface area (Å²) in [7, 11) is 0. The highest BCUT2D eigenvalue weighted by molar-refractivity contribution is 6.36. The first kappa shape index (κ1) is 18.8.